The van der Waals surface area contributed by atoms with Crippen LogP contribution < -0.4 is 24.6 Å². The maximum atomic E-state index is 12.6. The fraction of sp³-hybridized carbons (Fsp3) is 0.320. The van der Waals surface area contributed by atoms with Crippen LogP contribution >= 0.6 is 0 Å². The van der Waals surface area contributed by atoms with Gasteiger partial charge in [0.05, 0.1) is 14.2 Å². The van der Waals surface area contributed by atoms with Gasteiger partial charge in [0, 0.05) is 11.3 Å². The second kappa shape index (κ2) is 9.81. The molecule has 0 bridgehead atoms. The van der Waals surface area contributed by atoms with Crippen molar-refractivity contribution in [2.75, 3.05) is 52.3 Å². The van der Waals surface area contributed by atoms with E-state index < -0.39 is 0 Å². The van der Waals surface area contributed by atoms with E-state index in [0.29, 0.717) is 6.54 Å². The fourth-order valence-electron chi connectivity index (χ4n) is 4.29. The van der Waals surface area contributed by atoms with Crippen molar-refractivity contribution in [3.63, 3.8) is 0 Å². The normalized spacial score (nSPS) is 18.5. The molecule has 1 amide bonds. The smallest absolute Gasteiger partial charge is 0.279 e. The molecule has 1 fully saturated rings. The van der Waals surface area contributed by atoms with E-state index in [0.717, 1.165) is 55.3 Å². The molecule has 0 aliphatic carbocycles. The zero-order chi connectivity index (χ0) is 21.6. The summed E-state index contributed by atoms with van der Waals surface area (Å²) in [6.45, 7) is 5.55. The fourth-order valence-corrected chi connectivity index (χ4v) is 4.29. The SMILES string of the molecule is COc1ccc(C[NH+]2CC[NH+](CC(=O)Nc3ccc4ccccc4c3)CC2)cc1OC. The number of carbonyl (C=O) groups is 1. The number of anilines is 1. The lowest BCUT2D eigenvalue weighted by Crippen LogP contribution is -3.28. The van der Waals surface area contributed by atoms with Crippen molar-refractivity contribution in [1.29, 1.82) is 0 Å². The molecule has 3 aromatic carbocycles. The third-order valence-corrected chi connectivity index (χ3v) is 6.01. The van der Waals surface area contributed by atoms with Crippen molar-refractivity contribution in [2.24, 2.45) is 0 Å². The van der Waals surface area contributed by atoms with Gasteiger partial charge in [-0.25, -0.2) is 0 Å². The maximum Gasteiger partial charge on any atom is 0.279 e. The van der Waals surface area contributed by atoms with Crippen LogP contribution in [0.1, 0.15) is 5.56 Å². The Morgan fingerprint density at radius 3 is 2.29 bits per heavy atom. The lowest BCUT2D eigenvalue weighted by molar-refractivity contribution is -1.02. The van der Waals surface area contributed by atoms with Gasteiger partial charge in [0.1, 0.15) is 32.7 Å². The van der Waals surface area contributed by atoms with Crippen LogP contribution in [0, 0.1) is 0 Å². The van der Waals surface area contributed by atoms with Crippen LogP contribution in [0.4, 0.5) is 5.69 Å². The first kappa shape index (κ1) is 21.2. The first-order valence-electron chi connectivity index (χ1n) is 10.8. The molecular weight excluding hydrogens is 390 g/mol. The van der Waals surface area contributed by atoms with Crippen LogP contribution in [-0.2, 0) is 11.3 Å². The number of piperazine rings is 1. The number of quaternary nitrogens is 2. The molecule has 1 aliphatic rings. The molecular formula is C25H31N3O3+2. The van der Waals surface area contributed by atoms with Gasteiger partial charge in [-0.3, -0.25) is 4.79 Å². The van der Waals surface area contributed by atoms with Crippen molar-refractivity contribution in [3.8, 4) is 11.5 Å². The van der Waals surface area contributed by atoms with E-state index in [1.807, 2.05) is 36.4 Å². The van der Waals surface area contributed by atoms with E-state index in [2.05, 4.69) is 29.6 Å². The van der Waals surface area contributed by atoms with Gasteiger partial charge in [0.25, 0.3) is 5.91 Å². The quantitative estimate of drug-likeness (QED) is 0.529. The number of fused-ring (bicyclic) bond motifs is 1. The minimum absolute atomic E-state index is 0.0774. The summed E-state index contributed by atoms with van der Waals surface area (Å²) in [5, 5.41) is 5.38. The van der Waals surface area contributed by atoms with Gasteiger partial charge in [-0.2, -0.15) is 0 Å². The topological polar surface area (TPSA) is 56.4 Å². The number of hydrogen-bond donors (Lipinski definition) is 3. The molecule has 1 saturated heterocycles. The zero-order valence-corrected chi connectivity index (χ0v) is 18.2. The summed E-state index contributed by atoms with van der Waals surface area (Å²) in [6, 6.07) is 20.4. The first-order valence-corrected chi connectivity index (χ1v) is 10.8. The Morgan fingerprint density at radius 1 is 0.839 bits per heavy atom. The number of rotatable bonds is 7. The van der Waals surface area contributed by atoms with E-state index >= 15 is 0 Å². The number of nitrogens with one attached hydrogen (secondary N) is 3. The van der Waals surface area contributed by atoms with E-state index in [1.54, 1.807) is 14.2 Å². The summed E-state index contributed by atoms with van der Waals surface area (Å²) >= 11 is 0. The molecule has 1 heterocycles. The molecule has 4 rings (SSSR count). The summed E-state index contributed by atoms with van der Waals surface area (Å²) < 4.78 is 10.7. The predicted molar refractivity (Wildman–Crippen MR) is 122 cm³/mol. The van der Waals surface area contributed by atoms with E-state index in [4.69, 9.17) is 9.47 Å². The highest BCUT2D eigenvalue weighted by Crippen LogP contribution is 2.27. The predicted octanol–water partition coefficient (Wildman–Crippen LogP) is 0.779. The highest BCUT2D eigenvalue weighted by atomic mass is 16.5. The molecule has 3 aromatic rings. The van der Waals surface area contributed by atoms with Crippen molar-refractivity contribution < 1.29 is 24.1 Å². The highest BCUT2D eigenvalue weighted by Gasteiger charge is 2.25. The number of ether oxygens (including phenoxy) is 2. The molecule has 31 heavy (non-hydrogen) atoms. The van der Waals surface area contributed by atoms with Gasteiger partial charge < -0.3 is 24.6 Å². The Hall–Kier alpha value is -3.09. The average Bonchev–Trinajstić information content (AvgIpc) is 2.80. The van der Waals surface area contributed by atoms with Gasteiger partial charge in [0.2, 0.25) is 0 Å². The molecule has 6 nitrogen and oxygen atoms in total. The number of hydrogen-bond acceptors (Lipinski definition) is 3. The van der Waals surface area contributed by atoms with Crippen LogP contribution in [0.2, 0.25) is 0 Å². The van der Waals surface area contributed by atoms with Gasteiger partial charge in [-0.1, -0.05) is 30.3 Å². The molecule has 0 aromatic heterocycles. The lowest BCUT2D eigenvalue weighted by Gasteiger charge is -2.29. The number of benzene rings is 3. The highest BCUT2D eigenvalue weighted by molar-refractivity contribution is 5.94. The third-order valence-electron chi connectivity index (χ3n) is 6.01. The Morgan fingerprint density at radius 2 is 1.55 bits per heavy atom. The molecule has 0 unspecified atom stereocenters. The maximum absolute atomic E-state index is 12.6. The lowest BCUT2D eigenvalue weighted by atomic mass is 10.1. The van der Waals surface area contributed by atoms with Crippen LogP contribution in [0.25, 0.3) is 10.8 Å². The van der Waals surface area contributed by atoms with E-state index in [1.165, 1.54) is 20.7 Å². The largest absolute Gasteiger partial charge is 0.493 e. The summed E-state index contributed by atoms with van der Waals surface area (Å²) in [6.07, 6.45) is 0. The molecule has 1 aliphatic heterocycles. The number of methoxy groups -OCH3 is 2. The van der Waals surface area contributed by atoms with Gasteiger partial charge in [-0.05, 0) is 41.1 Å². The van der Waals surface area contributed by atoms with Crippen molar-refractivity contribution in [2.45, 2.75) is 6.54 Å². The van der Waals surface area contributed by atoms with Crippen molar-refractivity contribution in [3.05, 3.63) is 66.2 Å². The Kier molecular flexibility index (Phi) is 6.70. The molecule has 162 valence electrons. The van der Waals surface area contributed by atoms with Crippen LogP contribution in [0.5, 0.6) is 11.5 Å². The second-order valence-corrected chi connectivity index (χ2v) is 8.15. The monoisotopic (exact) mass is 421 g/mol. The molecule has 0 atom stereocenters. The van der Waals surface area contributed by atoms with Crippen molar-refractivity contribution >= 4 is 22.4 Å². The molecule has 6 heteroatoms. The molecule has 0 saturated carbocycles. The molecule has 3 N–H and O–H groups in total. The number of carbonyl (C=O) groups excluding carboxylic acids is 1. The van der Waals surface area contributed by atoms with Gasteiger partial charge in [0.15, 0.2) is 18.0 Å². The standard InChI is InChI=1S/C25H29N3O3/c1-30-23-10-7-19(15-24(23)31-2)17-27-11-13-28(14-12-27)18-25(29)26-22-9-8-20-5-3-4-6-21(20)16-22/h3-10,15-16H,11-14,17-18H2,1-2H3,(H,26,29)/p+2. The van der Waals surface area contributed by atoms with Gasteiger partial charge in [-0.15, -0.1) is 0 Å². The van der Waals surface area contributed by atoms with Crippen LogP contribution in [0.15, 0.2) is 60.7 Å². The Labute approximate surface area is 183 Å². The zero-order valence-electron chi connectivity index (χ0n) is 18.2. The van der Waals surface area contributed by atoms with Crippen molar-refractivity contribution in [1.82, 2.24) is 0 Å². The molecule has 0 spiro atoms. The summed E-state index contributed by atoms with van der Waals surface area (Å²) in [5.41, 5.74) is 2.10. The number of amides is 1. The second-order valence-electron chi connectivity index (χ2n) is 8.15. The van der Waals surface area contributed by atoms with Crippen LogP contribution in [0.3, 0.4) is 0 Å². The third kappa shape index (κ3) is 5.34. The van der Waals surface area contributed by atoms with E-state index in [-0.39, 0.29) is 5.91 Å². The minimum Gasteiger partial charge on any atom is -0.493 e. The first-order chi connectivity index (χ1) is 15.1. The van der Waals surface area contributed by atoms with Gasteiger partial charge >= 0.3 is 0 Å². The van der Waals surface area contributed by atoms with E-state index in [9.17, 15) is 4.79 Å². The summed E-state index contributed by atoms with van der Waals surface area (Å²) in [5.74, 6) is 1.61. The summed E-state index contributed by atoms with van der Waals surface area (Å²) in [4.78, 5) is 15.4. The summed E-state index contributed by atoms with van der Waals surface area (Å²) in [7, 11) is 3.32. The Bertz CT molecular complexity index is 1050. The Balaban J connectivity index is 1.26. The molecule has 0 radical (unpaired) electrons. The van der Waals surface area contributed by atoms with Crippen LogP contribution in [-0.4, -0.2) is 52.9 Å². The minimum atomic E-state index is 0.0774. The average molecular weight is 422 g/mol.